The van der Waals surface area contributed by atoms with Crippen LogP contribution in [-0.2, 0) is 11.2 Å². The van der Waals surface area contributed by atoms with Crippen molar-refractivity contribution >= 4 is 0 Å². The molecule has 3 rings (SSSR count). The molecule has 20 heavy (non-hydrogen) atoms. The minimum absolute atomic E-state index is 0.790. The molecule has 0 amide bonds. The number of hydrogen-bond acceptors (Lipinski definition) is 3. The van der Waals surface area contributed by atoms with E-state index in [-0.39, 0.29) is 0 Å². The summed E-state index contributed by atoms with van der Waals surface area (Å²) in [6.07, 6.45) is 8.27. The van der Waals surface area contributed by atoms with Crippen LogP contribution in [0.3, 0.4) is 0 Å². The zero-order valence-corrected chi connectivity index (χ0v) is 12.3. The van der Waals surface area contributed by atoms with Gasteiger partial charge in [-0.1, -0.05) is 6.07 Å². The first kappa shape index (κ1) is 14.0. The molecule has 2 saturated heterocycles. The van der Waals surface area contributed by atoms with Crippen LogP contribution < -0.4 is 0 Å². The van der Waals surface area contributed by atoms with Crippen LogP contribution in [0.1, 0.15) is 31.4 Å². The van der Waals surface area contributed by atoms with Crippen LogP contribution in [0.2, 0.25) is 0 Å². The topological polar surface area (TPSA) is 25.4 Å². The lowest BCUT2D eigenvalue weighted by Crippen LogP contribution is -2.40. The predicted molar refractivity (Wildman–Crippen MR) is 80.6 cm³/mol. The molecule has 0 saturated carbocycles. The number of likely N-dealkylation sites (tertiary alicyclic amines) is 1. The predicted octanol–water partition coefficient (Wildman–Crippen LogP) is 2.76. The fourth-order valence-corrected chi connectivity index (χ4v) is 3.59. The fraction of sp³-hybridized carbons (Fsp3) is 0.706. The van der Waals surface area contributed by atoms with Gasteiger partial charge in [-0.25, -0.2) is 0 Å². The smallest absolute Gasteiger partial charge is 0.0469 e. The van der Waals surface area contributed by atoms with E-state index in [1.165, 1.54) is 51.0 Å². The molecule has 3 heterocycles. The zero-order chi connectivity index (χ0) is 13.6. The number of ether oxygens (including phenoxy) is 1. The zero-order valence-electron chi connectivity index (χ0n) is 12.3. The normalized spacial score (nSPS) is 25.7. The monoisotopic (exact) mass is 274 g/mol. The van der Waals surface area contributed by atoms with Crippen molar-refractivity contribution in [2.75, 3.05) is 32.8 Å². The van der Waals surface area contributed by atoms with Crippen molar-refractivity contribution in [3.8, 4) is 0 Å². The van der Waals surface area contributed by atoms with Gasteiger partial charge in [-0.3, -0.25) is 4.98 Å². The van der Waals surface area contributed by atoms with Crippen LogP contribution in [0, 0.1) is 11.8 Å². The molecule has 0 aliphatic carbocycles. The highest BCUT2D eigenvalue weighted by Gasteiger charge is 2.23. The van der Waals surface area contributed by atoms with Gasteiger partial charge in [0.25, 0.3) is 0 Å². The summed E-state index contributed by atoms with van der Waals surface area (Å²) < 4.78 is 5.46. The lowest BCUT2D eigenvalue weighted by atomic mass is 9.91. The Morgan fingerprint density at radius 1 is 1.15 bits per heavy atom. The second kappa shape index (κ2) is 7.19. The van der Waals surface area contributed by atoms with Gasteiger partial charge >= 0.3 is 0 Å². The first-order chi connectivity index (χ1) is 9.90. The van der Waals surface area contributed by atoms with Gasteiger partial charge in [0.1, 0.15) is 0 Å². The minimum Gasteiger partial charge on any atom is -0.381 e. The summed E-state index contributed by atoms with van der Waals surface area (Å²) in [6, 6.07) is 6.27. The average molecular weight is 274 g/mol. The number of hydrogen-bond donors (Lipinski definition) is 0. The highest BCUT2D eigenvalue weighted by atomic mass is 16.5. The molecule has 3 nitrogen and oxygen atoms in total. The van der Waals surface area contributed by atoms with Gasteiger partial charge in [-0.05, 0) is 62.6 Å². The van der Waals surface area contributed by atoms with Gasteiger partial charge in [-0.2, -0.15) is 0 Å². The van der Waals surface area contributed by atoms with Crippen LogP contribution in [0.15, 0.2) is 24.4 Å². The fourth-order valence-electron chi connectivity index (χ4n) is 3.59. The van der Waals surface area contributed by atoms with E-state index in [0.717, 1.165) is 31.5 Å². The van der Waals surface area contributed by atoms with Crippen molar-refractivity contribution in [3.63, 3.8) is 0 Å². The van der Waals surface area contributed by atoms with Crippen LogP contribution in [0.25, 0.3) is 0 Å². The summed E-state index contributed by atoms with van der Waals surface area (Å²) in [5.74, 6) is 1.65. The molecular weight excluding hydrogens is 248 g/mol. The van der Waals surface area contributed by atoms with E-state index in [1.54, 1.807) is 0 Å². The Morgan fingerprint density at radius 2 is 2.05 bits per heavy atom. The van der Waals surface area contributed by atoms with E-state index in [0.29, 0.717) is 0 Å². The Labute approximate surface area is 122 Å². The van der Waals surface area contributed by atoms with E-state index in [4.69, 9.17) is 4.74 Å². The van der Waals surface area contributed by atoms with Crippen molar-refractivity contribution in [2.24, 2.45) is 11.8 Å². The molecule has 0 spiro atoms. The summed E-state index contributed by atoms with van der Waals surface area (Å²) in [6.45, 7) is 5.76. The molecule has 0 N–H and O–H groups in total. The van der Waals surface area contributed by atoms with Crippen LogP contribution in [-0.4, -0.2) is 42.7 Å². The molecule has 0 radical (unpaired) electrons. The van der Waals surface area contributed by atoms with E-state index >= 15 is 0 Å². The number of nitrogens with zero attached hydrogens (tertiary/aromatic N) is 2. The van der Waals surface area contributed by atoms with Gasteiger partial charge in [0.2, 0.25) is 0 Å². The number of rotatable bonds is 4. The van der Waals surface area contributed by atoms with Crippen molar-refractivity contribution in [1.29, 1.82) is 0 Å². The average Bonchev–Trinajstić information content (AvgIpc) is 2.50. The SMILES string of the molecule is c1ccc(C[C@H]2CCCN(CC3CCOCC3)C2)nc1. The Bertz CT molecular complexity index is 389. The first-order valence-corrected chi connectivity index (χ1v) is 8.10. The molecule has 2 fully saturated rings. The maximum Gasteiger partial charge on any atom is 0.0469 e. The number of aromatic nitrogens is 1. The molecule has 2 aliphatic rings. The quantitative estimate of drug-likeness (QED) is 0.844. The number of piperidine rings is 1. The van der Waals surface area contributed by atoms with Gasteiger partial charge in [-0.15, -0.1) is 0 Å². The minimum atomic E-state index is 0.790. The second-order valence-electron chi connectivity index (χ2n) is 6.35. The van der Waals surface area contributed by atoms with Crippen LogP contribution in [0.5, 0.6) is 0 Å². The van der Waals surface area contributed by atoms with Crippen molar-refractivity contribution < 1.29 is 4.74 Å². The Balaban J connectivity index is 1.48. The summed E-state index contributed by atoms with van der Waals surface area (Å²) in [4.78, 5) is 7.17. The molecule has 0 unspecified atom stereocenters. The van der Waals surface area contributed by atoms with Crippen LogP contribution in [0.4, 0.5) is 0 Å². The molecule has 110 valence electrons. The van der Waals surface area contributed by atoms with Crippen molar-refractivity contribution in [1.82, 2.24) is 9.88 Å². The highest BCUT2D eigenvalue weighted by Crippen LogP contribution is 2.23. The van der Waals surface area contributed by atoms with Crippen LogP contribution >= 0.6 is 0 Å². The molecule has 1 aromatic rings. The summed E-state index contributed by atoms with van der Waals surface area (Å²) in [5.41, 5.74) is 1.26. The second-order valence-corrected chi connectivity index (χ2v) is 6.35. The third kappa shape index (κ3) is 4.03. The summed E-state index contributed by atoms with van der Waals surface area (Å²) >= 11 is 0. The molecule has 1 aromatic heterocycles. The Kier molecular flexibility index (Phi) is 5.04. The van der Waals surface area contributed by atoms with Gasteiger partial charge < -0.3 is 9.64 Å². The van der Waals surface area contributed by atoms with Crippen molar-refractivity contribution in [2.45, 2.75) is 32.1 Å². The third-order valence-corrected chi connectivity index (χ3v) is 4.68. The number of pyridine rings is 1. The lowest BCUT2D eigenvalue weighted by Gasteiger charge is -2.36. The van der Waals surface area contributed by atoms with Gasteiger partial charge in [0, 0.05) is 38.2 Å². The van der Waals surface area contributed by atoms with E-state index < -0.39 is 0 Å². The molecule has 0 aromatic carbocycles. The van der Waals surface area contributed by atoms with E-state index in [9.17, 15) is 0 Å². The standard InChI is InChI=1S/C17H26N2O/c1-2-8-18-17(5-1)12-16-4-3-9-19(14-16)13-15-6-10-20-11-7-15/h1-2,5,8,15-16H,3-4,6-7,9-14H2/t16-/m1/s1. The van der Waals surface area contributed by atoms with Crippen molar-refractivity contribution in [3.05, 3.63) is 30.1 Å². The Hall–Kier alpha value is -0.930. The van der Waals surface area contributed by atoms with E-state index in [1.807, 2.05) is 12.3 Å². The summed E-state index contributed by atoms with van der Waals surface area (Å²) in [7, 11) is 0. The van der Waals surface area contributed by atoms with E-state index in [2.05, 4.69) is 22.0 Å². The lowest BCUT2D eigenvalue weighted by molar-refractivity contribution is 0.0452. The molecule has 0 bridgehead atoms. The highest BCUT2D eigenvalue weighted by molar-refractivity contribution is 5.04. The maximum atomic E-state index is 5.46. The molecule has 1 atom stereocenters. The maximum absolute atomic E-state index is 5.46. The Morgan fingerprint density at radius 3 is 2.85 bits per heavy atom. The van der Waals surface area contributed by atoms with Gasteiger partial charge in [0.15, 0.2) is 0 Å². The summed E-state index contributed by atoms with van der Waals surface area (Å²) in [5, 5.41) is 0. The largest absolute Gasteiger partial charge is 0.381 e. The third-order valence-electron chi connectivity index (χ3n) is 4.68. The first-order valence-electron chi connectivity index (χ1n) is 8.10. The molecular formula is C17H26N2O. The molecule has 3 heteroatoms. The van der Waals surface area contributed by atoms with Gasteiger partial charge in [0.05, 0.1) is 0 Å². The molecule has 2 aliphatic heterocycles.